The minimum Gasteiger partial charge on any atom is -0.298 e. The highest BCUT2D eigenvalue weighted by atomic mass is 16.1. The van der Waals surface area contributed by atoms with Crippen molar-refractivity contribution in [2.75, 3.05) is 0 Å². The second kappa shape index (κ2) is 5.60. The van der Waals surface area contributed by atoms with E-state index in [1.807, 2.05) is 24.3 Å². The summed E-state index contributed by atoms with van der Waals surface area (Å²) in [6, 6.07) is 8.38. The second-order valence-corrected chi connectivity index (χ2v) is 7.45. The highest BCUT2D eigenvalue weighted by molar-refractivity contribution is 6.25. The highest BCUT2D eigenvalue weighted by Gasteiger charge is 2.42. The van der Waals surface area contributed by atoms with E-state index >= 15 is 0 Å². The first-order valence-corrected chi connectivity index (χ1v) is 9.13. The van der Waals surface area contributed by atoms with E-state index in [2.05, 4.69) is 12.1 Å². The lowest BCUT2D eigenvalue weighted by Gasteiger charge is -2.23. The molecule has 1 aromatic carbocycles. The fraction of sp³-hybridized carbons (Fsp3) is 0.261. The van der Waals surface area contributed by atoms with Crippen LogP contribution in [0.3, 0.4) is 0 Å². The summed E-state index contributed by atoms with van der Waals surface area (Å²) < 4.78 is 0. The Bertz CT molecular complexity index is 923. The van der Waals surface area contributed by atoms with Gasteiger partial charge in [-0.25, -0.2) is 0 Å². The lowest BCUT2D eigenvalue weighted by Crippen LogP contribution is -2.17. The molecule has 0 radical (unpaired) electrons. The predicted molar refractivity (Wildman–Crippen MR) is 97.4 cm³/mol. The maximum Gasteiger partial charge on any atom is 0.186 e. The standard InChI is InChI=1S/C23H18O3/c24-21-9-10-22(25)16-6-8-18-20-12-14-4-2-1-3-13(14)11-19(20)17(23(18)26)7-5-15(16)21/h1-6,9-10,17-18H,7-8,11-12H2/b15-5+,16-6+. The number of allylic oxidation sites excluding steroid dienone is 8. The van der Waals surface area contributed by atoms with Gasteiger partial charge in [0.15, 0.2) is 11.6 Å². The van der Waals surface area contributed by atoms with E-state index in [0.29, 0.717) is 24.0 Å². The van der Waals surface area contributed by atoms with Crippen LogP contribution in [-0.4, -0.2) is 17.3 Å². The number of carbonyl (C=O) groups excluding carboxylic acids is 3. The minimum absolute atomic E-state index is 0.135. The van der Waals surface area contributed by atoms with Crippen LogP contribution in [0.15, 0.2) is 70.9 Å². The lowest BCUT2D eigenvalue weighted by atomic mass is 9.81. The number of ketones is 3. The second-order valence-electron chi connectivity index (χ2n) is 7.45. The van der Waals surface area contributed by atoms with E-state index in [9.17, 15) is 14.4 Å². The number of hydrogen-bond donors (Lipinski definition) is 0. The van der Waals surface area contributed by atoms with Crippen LogP contribution < -0.4 is 0 Å². The van der Waals surface area contributed by atoms with Crippen LogP contribution >= 0.6 is 0 Å². The molecule has 5 rings (SSSR count). The summed E-state index contributed by atoms with van der Waals surface area (Å²) in [6.45, 7) is 0. The Morgan fingerprint density at radius 3 is 1.62 bits per heavy atom. The van der Waals surface area contributed by atoms with Gasteiger partial charge < -0.3 is 0 Å². The largest absolute Gasteiger partial charge is 0.298 e. The molecular weight excluding hydrogens is 324 g/mol. The zero-order valence-electron chi connectivity index (χ0n) is 14.3. The number of hydrogen-bond acceptors (Lipinski definition) is 3. The van der Waals surface area contributed by atoms with Crippen molar-refractivity contribution in [2.45, 2.75) is 25.7 Å². The van der Waals surface area contributed by atoms with Crippen LogP contribution in [0.1, 0.15) is 24.0 Å². The van der Waals surface area contributed by atoms with E-state index in [1.54, 1.807) is 0 Å². The van der Waals surface area contributed by atoms with Crippen molar-refractivity contribution in [1.82, 2.24) is 0 Å². The molecule has 26 heavy (non-hydrogen) atoms. The van der Waals surface area contributed by atoms with Gasteiger partial charge in [-0.2, -0.15) is 0 Å². The number of fused-ring (bicyclic) bond motifs is 6. The van der Waals surface area contributed by atoms with Crippen LogP contribution in [0.5, 0.6) is 0 Å². The van der Waals surface area contributed by atoms with Gasteiger partial charge in [0.25, 0.3) is 0 Å². The first kappa shape index (κ1) is 15.4. The van der Waals surface area contributed by atoms with Crippen molar-refractivity contribution < 1.29 is 14.4 Å². The van der Waals surface area contributed by atoms with Crippen molar-refractivity contribution >= 4 is 17.3 Å². The molecule has 0 spiro atoms. The third-order valence-electron chi connectivity index (χ3n) is 6.14. The molecule has 0 fully saturated rings. The third-order valence-corrected chi connectivity index (χ3v) is 6.14. The summed E-state index contributed by atoms with van der Waals surface area (Å²) in [6.07, 6.45) is 8.98. The molecule has 0 aromatic heterocycles. The van der Waals surface area contributed by atoms with Crippen LogP contribution in [0.4, 0.5) is 0 Å². The average Bonchev–Trinajstić information content (AvgIpc) is 2.94. The highest BCUT2D eigenvalue weighted by Crippen LogP contribution is 2.45. The van der Waals surface area contributed by atoms with Crippen LogP contribution in [-0.2, 0) is 27.2 Å². The van der Waals surface area contributed by atoms with Crippen molar-refractivity contribution in [3.8, 4) is 0 Å². The van der Waals surface area contributed by atoms with E-state index in [0.717, 1.165) is 12.8 Å². The van der Waals surface area contributed by atoms with E-state index in [4.69, 9.17) is 0 Å². The van der Waals surface area contributed by atoms with Gasteiger partial charge in [0.1, 0.15) is 5.78 Å². The van der Waals surface area contributed by atoms with Crippen LogP contribution in [0.2, 0.25) is 0 Å². The Balaban J connectivity index is 1.60. The number of benzene rings is 1. The molecule has 0 N–H and O–H groups in total. The van der Waals surface area contributed by atoms with Crippen molar-refractivity contribution in [3.05, 3.63) is 82.0 Å². The molecule has 3 nitrogen and oxygen atoms in total. The molecule has 0 saturated carbocycles. The number of carbonyl (C=O) groups is 3. The predicted octanol–water partition coefficient (Wildman–Crippen LogP) is 3.25. The van der Waals surface area contributed by atoms with E-state index in [-0.39, 0.29) is 29.2 Å². The molecule has 4 aliphatic carbocycles. The first-order chi connectivity index (χ1) is 12.6. The molecule has 0 saturated heterocycles. The van der Waals surface area contributed by atoms with Gasteiger partial charge in [0.2, 0.25) is 0 Å². The number of Topliss-reactive ketones (excluding diaryl/α,β-unsaturated/α-hetero) is 1. The van der Waals surface area contributed by atoms with Crippen molar-refractivity contribution in [1.29, 1.82) is 0 Å². The molecule has 0 heterocycles. The summed E-state index contributed by atoms with van der Waals surface area (Å²) in [5.74, 6) is -0.327. The van der Waals surface area contributed by atoms with Crippen LogP contribution in [0, 0.1) is 11.8 Å². The van der Waals surface area contributed by atoms with Gasteiger partial charge in [-0.1, -0.05) is 47.6 Å². The molecule has 1 aromatic rings. The normalized spacial score (nSPS) is 31.0. The maximum absolute atomic E-state index is 13.1. The summed E-state index contributed by atoms with van der Waals surface area (Å²) in [5, 5.41) is 0. The average molecular weight is 342 g/mol. The zero-order chi connectivity index (χ0) is 17.8. The quantitative estimate of drug-likeness (QED) is 0.680. The Morgan fingerprint density at radius 1 is 0.692 bits per heavy atom. The first-order valence-electron chi connectivity index (χ1n) is 9.13. The molecule has 2 bridgehead atoms. The van der Waals surface area contributed by atoms with Gasteiger partial charge in [0, 0.05) is 23.0 Å². The molecule has 0 amide bonds. The molecule has 0 aliphatic heterocycles. The Hall–Kier alpha value is -2.81. The molecule has 2 atom stereocenters. The molecular formula is C23H18O3. The maximum atomic E-state index is 13.1. The SMILES string of the molecule is O=C1C=CC(=O)/C2=C/CC3C(=O)C(C/C=C/12)C1=C3Cc2ccccc2C1. The zero-order valence-corrected chi connectivity index (χ0v) is 14.3. The van der Waals surface area contributed by atoms with Gasteiger partial charge in [0.05, 0.1) is 0 Å². The monoisotopic (exact) mass is 342 g/mol. The smallest absolute Gasteiger partial charge is 0.186 e. The minimum atomic E-state index is -0.155. The van der Waals surface area contributed by atoms with Gasteiger partial charge in [-0.3, -0.25) is 14.4 Å². The molecule has 128 valence electrons. The number of rotatable bonds is 0. The Morgan fingerprint density at radius 2 is 1.15 bits per heavy atom. The summed E-state index contributed by atoms with van der Waals surface area (Å²) in [5.41, 5.74) is 6.04. The molecule has 2 unspecified atom stereocenters. The fourth-order valence-electron chi connectivity index (χ4n) is 4.83. The van der Waals surface area contributed by atoms with Crippen molar-refractivity contribution in [3.63, 3.8) is 0 Å². The van der Waals surface area contributed by atoms with Gasteiger partial charge in [-0.05, 0) is 49.0 Å². The van der Waals surface area contributed by atoms with Gasteiger partial charge in [-0.15, -0.1) is 0 Å². The lowest BCUT2D eigenvalue weighted by molar-refractivity contribution is -0.123. The fourth-order valence-corrected chi connectivity index (χ4v) is 4.83. The Kier molecular flexibility index (Phi) is 3.33. The summed E-state index contributed by atoms with van der Waals surface area (Å²) in [4.78, 5) is 37.6. The topological polar surface area (TPSA) is 51.2 Å². The van der Waals surface area contributed by atoms with Gasteiger partial charge >= 0.3 is 0 Å². The summed E-state index contributed by atoms with van der Waals surface area (Å²) >= 11 is 0. The molecule has 4 aliphatic rings. The van der Waals surface area contributed by atoms with E-state index in [1.165, 1.54) is 34.4 Å². The third kappa shape index (κ3) is 2.16. The van der Waals surface area contributed by atoms with Crippen molar-refractivity contribution in [2.24, 2.45) is 11.8 Å². The van der Waals surface area contributed by atoms with Crippen LogP contribution in [0.25, 0.3) is 0 Å². The van der Waals surface area contributed by atoms with E-state index < -0.39 is 0 Å². The summed E-state index contributed by atoms with van der Waals surface area (Å²) in [7, 11) is 0. The Labute approximate surface area is 151 Å². The molecule has 3 heteroatoms.